The molecule has 0 saturated carbocycles. The third kappa shape index (κ3) is 2.30. The number of nitrogens with zero attached hydrogens (tertiary/aromatic N) is 1. The van der Waals surface area contributed by atoms with Crippen LogP contribution in [-0.4, -0.2) is 11.0 Å². The van der Waals surface area contributed by atoms with Crippen molar-refractivity contribution >= 4 is 11.5 Å². The number of halogens is 3. The number of oxime groups is 1. The van der Waals surface area contributed by atoms with E-state index in [9.17, 15) is 13.2 Å². The van der Waals surface area contributed by atoms with Crippen molar-refractivity contribution in [2.45, 2.75) is 6.18 Å². The molecule has 0 heterocycles. The normalized spacial score (nSPS) is 12.9. The van der Waals surface area contributed by atoms with Crippen molar-refractivity contribution in [3.8, 4) is 0 Å². The minimum Gasteiger partial charge on any atom is -0.409 e. The van der Waals surface area contributed by atoms with Gasteiger partial charge in [0.1, 0.15) is 0 Å². The summed E-state index contributed by atoms with van der Waals surface area (Å²) in [4.78, 5) is 0. The van der Waals surface area contributed by atoms with Crippen LogP contribution in [-0.2, 0) is 6.18 Å². The fourth-order valence-electron chi connectivity index (χ4n) is 1.02. The van der Waals surface area contributed by atoms with E-state index in [0.717, 1.165) is 12.1 Å². The zero-order valence-corrected chi connectivity index (χ0v) is 7.42. The second-order valence-electron chi connectivity index (χ2n) is 2.79. The number of nitrogen functional groups attached to an aromatic ring is 1. The average Bonchev–Trinajstić information content (AvgIpc) is 2.15. The number of rotatable bonds is 1. The van der Waals surface area contributed by atoms with E-state index >= 15 is 0 Å². The van der Waals surface area contributed by atoms with Crippen LogP contribution in [0.15, 0.2) is 23.4 Å². The van der Waals surface area contributed by atoms with E-state index in [0.29, 0.717) is 0 Å². The number of amidine groups is 1. The van der Waals surface area contributed by atoms with Crippen molar-refractivity contribution in [3.05, 3.63) is 29.3 Å². The Balaban J connectivity index is 3.29. The smallest absolute Gasteiger partial charge is 0.409 e. The van der Waals surface area contributed by atoms with Gasteiger partial charge in [0.15, 0.2) is 5.84 Å². The molecule has 1 aromatic carbocycles. The van der Waals surface area contributed by atoms with Crippen LogP contribution in [0.5, 0.6) is 0 Å². The van der Waals surface area contributed by atoms with Crippen LogP contribution in [0, 0.1) is 0 Å². The summed E-state index contributed by atoms with van der Waals surface area (Å²) in [5, 5.41) is 10.9. The maximum atomic E-state index is 12.4. The summed E-state index contributed by atoms with van der Waals surface area (Å²) in [6, 6.07) is 3.01. The Morgan fingerprint density at radius 3 is 2.40 bits per heavy atom. The van der Waals surface area contributed by atoms with Crippen LogP contribution >= 0.6 is 0 Å². The van der Waals surface area contributed by atoms with Gasteiger partial charge in [-0.2, -0.15) is 13.2 Å². The minimum absolute atomic E-state index is 0.0426. The third-order valence-corrected chi connectivity index (χ3v) is 1.76. The van der Waals surface area contributed by atoms with E-state index in [1.807, 2.05) is 0 Å². The van der Waals surface area contributed by atoms with Crippen LogP contribution in [0.3, 0.4) is 0 Å². The van der Waals surface area contributed by atoms with Crippen molar-refractivity contribution < 1.29 is 18.4 Å². The zero-order chi connectivity index (χ0) is 11.6. The quantitative estimate of drug-likeness (QED) is 0.219. The number of hydrogen-bond donors (Lipinski definition) is 3. The molecule has 1 aromatic rings. The third-order valence-electron chi connectivity index (χ3n) is 1.76. The van der Waals surface area contributed by atoms with Gasteiger partial charge in [-0.3, -0.25) is 0 Å². The van der Waals surface area contributed by atoms with Gasteiger partial charge in [0.05, 0.1) is 5.56 Å². The Labute approximate surface area is 83.0 Å². The van der Waals surface area contributed by atoms with Gasteiger partial charge < -0.3 is 16.7 Å². The molecular weight excluding hydrogens is 211 g/mol. The molecule has 7 heteroatoms. The van der Waals surface area contributed by atoms with Crippen LogP contribution < -0.4 is 11.5 Å². The SMILES string of the molecule is NC(=NO)c1ccc(N)c(C(F)(F)F)c1. The van der Waals surface area contributed by atoms with Crippen molar-refractivity contribution in [1.82, 2.24) is 0 Å². The van der Waals surface area contributed by atoms with Crippen LogP contribution in [0.25, 0.3) is 0 Å². The molecule has 0 unspecified atom stereocenters. The first kappa shape index (κ1) is 11.2. The van der Waals surface area contributed by atoms with Gasteiger partial charge in [-0.25, -0.2) is 0 Å². The molecule has 0 radical (unpaired) electrons. The molecule has 1 rings (SSSR count). The predicted octanol–water partition coefficient (Wildman–Crippen LogP) is 1.38. The van der Waals surface area contributed by atoms with Gasteiger partial charge in [0.25, 0.3) is 0 Å². The fourth-order valence-corrected chi connectivity index (χ4v) is 1.02. The van der Waals surface area contributed by atoms with Crippen molar-refractivity contribution in [3.63, 3.8) is 0 Å². The lowest BCUT2D eigenvalue weighted by Crippen LogP contribution is -2.16. The molecular formula is C8H8F3N3O. The van der Waals surface area contributed by atoms with Gasteiger partial charge in [0, 0.05) is 11.3 Å². The first-order valence-corrected chi connectivity index (χ1v) is 3.81. The van der Waals surface area contributed by atoms with Crippen LogP contribution in [0.2, 0.25) is 0 Å². The van der Waals surface area contributed by atoms with Gasteiger partial charge in [0.2, 0.25) is 0 Å². The van der Waals surface area contributed by atoms with E-state index in [-0.39, 0.29) is 5.56 Å². The Bertz CT molecular complexity index is 401. The molecule has 0 atom stereocenters. The molecule has 0 aliphatic heterocycles. The summed E-state index contributed by atoms with van der Waals surface area (Å²) in [5.74, 6) is -0.402. The number of anilines is 1. The molecule has 5 N–H and O–H groups in total. The van der Waals surface area contributed by atoms with E-state index in [1.54, 1.807) is 0 Å². The molecule has 0 bridgehead atoms. The Morgan fingerprint density at radius 2 is 1.93 bits per heavy atom. The highest BCUT2D eigenvalue weighted by Crippen LogP contribution is 2.33. The van der Waals surface area contributed by atoms with E-state index in [1.165, 1.54) is 6.07 Å². The lowest BCUT2D eigenvalue weighted by atomic mass is 10.1. The molecule has 0 aliphatic carbocycles. The highest BCUT2D eigenvalue weighted by molar-refractivity contribution is 5.97. The molecule has 0 aromatic heterocycles. The Kier molecular flexibility index (Phi) is 2.74. The largest absolute Gasteiger partial charge is 0.418 e. The van der Waals surface area contributed by atoms with E-state index < -0.39 is 23.3 Å². The van der Waals surface area contributed by atoms with Crippen LogP contribution in [0.4, 0.5) is 18.9 Å². The summed E-state index contributed by atoms with van der Waals surface area (Å²) < 4.78 is 37.1. The molecule has 0 amide bonds. The maximum absolute atomic E-state index is 12.4. The van der Waals surface area contributed by atoms with Gasteiger partial charge in [-0.15, -0.1) is 0 Å². The predicted molar refractivity (Wildman–Crippen MR) is 48.4 cm³/mol. The lowest BCUT2D eigenvalue weighted by Gasteiger charge is -2.10. The van der Waals surface area contributed by atoms with Gasteiger partial charge >= 0.3 is 6.18 Å². The summed E-state index contributed by atoms with van der Waals surface area (Å²) >= 11 is 0. The first-order valence-electron chi connectivity index (χ1n) is 3.81. The summed E-state index contributed by atoms with van der Waals surface area (Å²) in [6.07, 6.45) is -4.56. The molecule has 4 nitrogen and oxygen atoms in total. The van der Waals surface area contributed by atoms with Crippen molar-refractivity contribution in [2.24, 2.45) is 10.9 Å². The summed E-state index contributed by atoms with van der Waals surface area (Å²) in [5.41, 5.74) is 8.85. The van der Waals surface area contributed by atoms with Gasteiger partial charge in [-0.1, -0.05) is 5.16 Å². The molecule has 15 heavy (non-hydrogen) atoms. The maximum Gasteiger partial charge on any atom is 0.418 e. The van der Waals surface area contributed by atoms with Crippen LogP contribution in [0.1, 0.15) is 11.1 Å². The topological polar surface area (TPSA) is 84.6 Å². The molecule has 82 valence electrons. The minimum atomic E-state index is -4.56. The fraction of sp³-hybridized carbons (Fsp3) is 0.125. The lowest BCUT2D eigenvalue weighted by molar-refractivity contribution is -0.136. The number of hydrogen-bond acceptors (Lipinski definition) is 3. The Morgan fingerprint density at radius 1 is 1.33 bits per heavy atom. The van der Waals surface area contributed by atoms with E-state index in [4.69, 9.17) is 16.7 Å². The molecule has 0 saturated heterocycles. The number of alkyl halides is 3. The average molecular weight is 219 g/mol. The first-order chi connectivity index (χ1) is 6.86. The second-order valence-corrected chi connectivity index (χ2v) is 2.79. The second kappa shape index (κ2) is 3.68. The zero-order valence-electron chi connectivity index (χ0n) is 7.42. The highest BCUT2D eigenvalue weighted by atomic mass is 19.4. The van der Waals surface area contributed by atoms with Crippen molar-refractivity contribution in [2.75, 3.05) is 5.73 Å². The Hall–Kier alpha value is -1.92. The number of benzene rings is 1. The summed E-state index contributed by atoms with van der Waals surface area (Å²) in [7, 11) is 0. The van der Waals surface area contributed by atoms with E-state index in [2.05, 4.69) is 5.16 Å². The molecule has 0 aliphatic rings. The summed E-state index contributed by atoms with van der Waals surface area (Å²) in [6.45, 7) is 0. The van der Waals surface area contributed by atoms with Crippen molar-refractivity contribution in [1.29, 1.82) is 0 Å². The molecule has 0 spiro atoms. The standard InChI is InChI=1S/C8H8F3N3O/c9-8(10,11)5-3-4(7(13)14-15)1-2-6(5)12/h1-3,15H,12H2,(H2,13,14). The highest BCUT2D eigenvalue weighted by Gasteiger charge is 2.33. The number of nitrogens with two attached hydrogens (primary N) is 2. The monoisotopic (exact) mass is 219 g/mol. The molecule has 0 fully saturated rings. The van der Waals surface area contributed by atoms with Gasteiger partial charge in [-0.05, 0) is 18.2 Å².